The molecule has 0 radical (unpaired) electrons. The average Bonchev–Trinajstić information content (AvgIpc) is 3.11. The van der Waals surface area contributed by atoms with Crippen LogP contribution in [0.3, 0.4) is 0 Å². The fourth-order valence-corrected chi connectivity index (χ4v) is 2.28. The lowest BCUT2D eigenvalue weighted by molar-refractivity contribution is 0.0525. The molecule has 1 aromatic heterocycles. The van der Waals surface area contributed by atoms with E-state index in [1.807, 2.05) is 32.0 Å². The smallest absolute Gasteiger partial charge is 0.342 e. The van der Waals surface area contributed by atoms with Gasteiger partial charge in [-0.1, -0.05) is 11.6 Å². The van der Waals surface area contributed by atoms with Crippen molar-refractivity contribution in [3.05, 3.63) is 35.1 Å². The molecule has 3 heteroatoms. The quantitative estimate of drug-likeness (QED) is 0.771. The molecule has 0 bridgehead atoms. The highest BCUT2D eigenvalue weighted by atomic mass is 16.5. The van der Waals surface area contributed by atoms with Gasteiger partial charge in [-0.3, -0.25) is 0 Å². The van der Waals surface area contributed by atoms with Gasteiger partial charge in [-0.15, -0.1) is 0 Å². The number of fused-ring (bicyclic) bond motifs is 1. The summed E-state index contributed by atoms with van der Waals surface area (Å²) in [6, 6.07) is 5.92. The largest absolute Gasteiger partial charge is 0.462 e. The molecule has 1 fully saturated rings. The third kappa shape index (κ3) is 1.80. The summed E-state index contributed by atoms with van der Waals surface area (Å²) in [6.07, 6.45) is 2.20. The van der Waals surface area contributed by atoms with E-state index in [1.54, 1.807) is 0 Å². The molecule has 0 N–H and O–H groups in total. The van der Waals surface area contributed by atoms with Crippen molar-refractivity contribution >= 4 is 16.9 Å². The second-order valence-corrected chi connectivity index (χ2v) is 4.84. The second kappa shape index (κ2) is 4.16. The first-order valence-electron chi connectivity index (χ1n) is 6.41. The van der Waals surface area contributed by atoms with Crippen LogP contribution in [0.5, 0.6) is 0 Å². The molecule has 0 unspecified atom stereocenters. The first-order chi connectivity index (χ1) is 8.70. The van der Waals surface area contributed by atoms with E-state index in [0.717, 1.165) is 35.1 Å². The SMILES string of the molecule is CCOC(=O)c1c(C2CC2)oc2ccc(C)cc12. The zero-order chi connectivity index (χ0) is 12.7. The van der Waals surface area contributed by atoms with Crippen LogP contribution in [0, 0.1) is 6.92 Å². The maximum absolute atomic E-state index is 12.1. The van der Waals surface area contributed by atoms with Crippen LogP contribution >= 0.6 is 0 Å². The Morgan fingerprint density at radius 3 is 2.89 bits per heavy atom. The van der Waals surface area contributed by atoms with Crippen molar-refractivity contribution in [2.24, 2.45) is 0 Å². The standard InChI is InChI=1S/C15H16O3/c1-3-17-15(16)13-11-8-9(2)4-7-12(11)18-14(13)10-5-6-10/h4,7-8,10H,3,5-6H2,1-2H3. The van der Waals surface area contributed by atoms with Gasteiger partial charge in [0.2, 0.25) is 0 Å². The Labute approximate surface area is 106 Å². The Kier molecular flexibility index (Phi) is 2.62. The van der Waals surface area contributed by atoms with Crippen molar-refractivity contribution in [1.82, 2.24) is 0 Å². The Morgan fingerprint density at radius 2 is 2.22 bits per heavy atom. The van der Waals surface area contributed by atoms with Crippen LogP contribution in [0.2, 0.25) is 0 Å². The van der Waals surface area contributed by atoms with Crippen LogP contribution in [0.15, 0.2) is 22.6 Å². The van der Waals surface area contributed by atoms with Crippen LogP contribution in [0.1, 0.15) is 47.4 Å². The molecule has 0 atom stereocenters. The summed E-state index contributed by atoms with van der Waals surface area (Å²) in [5, 5.41) is 0.885. The zero-order valence-electron chi connectivity index (χ0n) is 10.7. The van der Waals surface area contributed by atoms with Gasteiger partial charge in [0.25, 0.3) is 0 Å². The monoisotopic (exact) mass is 244 g/mol. The Morgan fingerprint density at radius 1 is 1.44 bits per heavy atom. The summed E-state index contributed by atoms with van der Waals surface area (Å²) in [4.78, 5) is 12.1. The maximum atomic E-state index is 12.1. The first-order valence-corrected chi connectivity index (χ1v) is 6.41. The van der Waals surface area contributed by atoms with E-state index in [-0.39, 0.29) is 5.97 Å². The van der Waals surface area contributed by atoms with E-state index >= 15 is 0 Å². The van der Waals surface area contributed by atoms with Gasteiger partial charge < -0.3 is 9.15 Å². The van der Waals surface area contributed by atoms with Gasteiger partial charge in [-0.05, 0) is 38.8 Å². The normalized spacial score (nSPS) is 15.0. The number of benzene rings is 1. The first kappa shape index (κ1) is 11.3. The molecule has 0 aliphatic heterocycles. The van der Waals surface area contributed by atoms with E-state index in [4.69, 9.17) is 9.15 Å². The number of hydrogen-bond donors (Lipinski definition) is 0. The lowest BCUT2D eigenvalue weighted by atomic mass is 10.1. The molecule has 3 nitrogen and oxygen atoms in total. The molecule has 0 saturated heterocycles. The van der Waals surface area contributed by atoms with E-state index in [9.17, 15) is 4.79 Å². The Hall–Kier alpha value is -1.77. The molecular weight excluding hydrogens is 228 g/mol. The average molecular weight is 244 g/mol. The van der Waals surface area contributed by atoms with Gasteiger partial charge >= 0.3 is 5.97 Å². The number of carbonyl (C=O) groups is 1. The summed E-state index contributed by atoms with van der Waals surface area (Å²) < 4.78 is 11.0. The number of hydrogen-bond acceptors (Lipinski definition) is 3. The molecule has 1 saturated carbocycles. The number of rotatable bonds is 3. The van der Waals surface area contributed by atoms with Crippen LogP contribution < -0.4 is 0 Å². The molecule has 94 valence electrons. The number of furan rings is 1. The lowest BCUT2D eigenvalue weighted by Crippen LogP contribution is -2.06. The fourth-order valence-electron chi connectivity index (χ4n) is 2.28. The van der Waals surface area contributed by atoms with Gasteiger partial charge in [0.15, 0.2) is 0 Å². The van der Waals surface area contributed by atoms with Crippen molar-refractivity contribution in [3.63, 3.8) is 0 Å². The van der Waals surface area contributed by atoms with Crippen LogP contribution in [0.4, 0.5) is 0 Å². The van der Waals surface area contributed by atoms with Crippen molar-refractivity contribution in [1.29, 1.82) is 0 Å². The fraction of sp³-hybridized carbons (Fsp3) is 0.400. The van der Waals surface area contributed by atoms with Gasteiger partial charge in [0.05, 0.1) is 6.61 Å². The molecule has 18 heavy (non-hydrogen) atoms. The summed E-state index contributed by atoms with van der Waals surface area (Å²) in [5.74, 6) is 0.954. The number of aryl methyl sites for hydroxylation is 1. The minimum absolute atomic E-state index is 0.260. The highest BCUT2D eigenvalue weighted by molar-refractivity contribution is 6.05. The number of carbonyl (C=O) groups excluding carboxylic acids is 1. The minimum Gasteiger partial charge on any atom is -0.462 e. The van der Waals surface area contributed by atoms with Crippen molar-refractivity contribution in [2.45, 2.75) is 32.6 Å². The Bertz CT molecular complexity index is 605. The highest BCUT2D eigenvalue weighted by Gasteiger charge is 2.34. The highest BCUT2D eigenvalue weighted by Crippen LogP contribution is 2.45. The molecule has 0 spiro atoms. The molecule has 1 aromatic carbocycles. The molecule has 1 aliphatic carbocycles. The van der Waals surface area contributed by atoms with Gasteiger partial charge in [0.1, 0.15) is 16.9 Å². The van der Waals surface area contributed by atoms with Crippen LogP contribution in [-0.2, 0) is 4.74 Å². The van der Waals surface area contributed by atoms with Crippen molar-refractivity contribution in [3.8, 4) is 0 Å². The molecule has 1 aliphatic rings. The second-order valence-electron chi connectivity index (χ2n) is 4.84. The van der Waals surface area contributed by atoms with Crippen molar-refractivity contribution in [2.75, 3.05) is 6.61 Å². The van der Waals surface area contributed by atoms with Gasteiger partial charge in [-0.25, -0.2) is 4.79 Å². The van der Waals surface area contributed by atoms with Gasteiger partial charge in [-0.2, -0.15) is 0 Å². The predicted molar refractivity (Wildman–Crippen MR) is 68.9 cm³/mol. The third-order valence-corrected chi connectivity index (χ3v) is 3.30. The van der Waals surface area contributed by atoms with E-state index < -0.39 is 0 Å². The van der Waals surface area contributed by atoms with Crippen molar-refractivity contribution < 1.29 is 13.9 Å². The topological polar surface area (TPSA) is 39.4 Å². The molecule has 0 amide bonds. The Balaban J connectivity index is 2.19. The van der Waals surface area contributed by atoms with E-state index in [0.29, 0.717) is 18.1 Å². The minimum atomic E-state index is -0.260. The molecule has 1 heterocycles. The molecule has 2 aromatic rings. The summed E-state index contributed by atoms with van der Waals surface area (Å²) in [7, 11) is 0. The maximum Gasteiger partial charge on any atom is 0.342 e. The predicted octanol–water partition coefficient (Wildman–Crippen LogP) is 3.80. The van der Waals surface area contributed by atoms with Gasteiger partial charge in [0, 0.05) is 11.3 Å². The molecule has 3 rings (SSSR count). The third-order valence-electron chi connectivity index (χ3n) is 3.30. The molecular formula is C15H16O3. The van der Waals surface area contributed by atoms with Crippen LogP contribution in [0.25, 0.3) is 11.0 Å². The number of ether oxygens (including phenoxy) is 1. The summed E-state index contributed by atoms with van der Waals surface area (Å²) in [5.41, 5.74) is 2.54. The van der Waals surface area contributed by atoms with E-state index in [2.05, 4.69) is 0 Å². The summed E-state index contributed by atoms with van der Waals surface area (Å²) in [6.45, 7) is 4.22. The lowest BCUT2D eigenvalue weighted by Gasteiger charge is -2.02. The van der Waals surface area contributed by atoms with Crippen LogP contribution in [-0.4, -0.2) is 12.6 Å². The summed E-state index contributed by atoms with van der Waals surface area (Å²) >= 11 is 0. The number of esters is 1. The zero-order valence-corrected chi connectivity index (χ0v) is 10.7. The van der Waals surface area contributed by atoms with E-state index in [1.165, 1.54) is 0 Å².